The summed E-state index contributed by atoms with van der Waals surface area (Å²) in [5, 5.41) is 0.710. The average molecular weight is 432 g/mol. The van der Waals surface area contributed by atoms with E-state index in [1.54, 1.807) is 7.11 Å². The topological polar surface area (TPSA) is 47.4 Å². The summed E-state index contributed by atoms with van der Waals surface area (Å²) in [4.78, 5) is 19.7. The van der Waals surface area contributed by atoms with Gasteiger partial charge >= 0.3 is 0 Å². The number of fused-ring (bicyclic) bond motifs is 1. The number of hydrogen-bond donors (Lipinski definition) is 0. The van der Waals surface area contributed by atoms with E-state index in [4.69, 9.17) is 21.3 Å². The monoisotopic (exact) mass is 431 g/mol. The largest absolute Gasteiger partial charge is 0.495 e. The molecule has 1 saturated heterocycles. The van der Waals surface area contributed by atoms with Crippen LogP contribution in [0.4, 0.5) is 5.69 Å². The van der Waals surface area contributed by atoms with Gasteiger partial charge in [0.1, 0.15) is 11.6 Å². The summed E-state index contributed by atoms with van der Waals surface area (Å²) < 4.78 is 7.69. The molecule has 6 heteroatoms. The van der Waals surface area contributed by atoms with Gasteiger partial charge in [-0.05, 0) is 42.0 Å². The molecule has 0 aliphatic carbocycles. The highest BCUT2D eigenvalue weighted by atomic mass is 35.5. The quantitative estimate of drug-likeness (QED) is 0.432. The van der Waals surface area contributed by atoms with Gasteiger partial charge in [0.25, 0.3) is 0 Å². The van der Waals surface area contributed by atoms with Crippen LogP contribution in [0.1, 0.15) is 23.7 Å². The van der Waals surface area contributed by atoms with Gasteiger partial charge in [-0.2, -0.15) is 0 Å². The van der Waals surface area contributed by atoms with E-state index < -0.39 is 0 Å². The van der Waals surface area contributed by atoms with E-state index in [0.717, 1.165) is 28.1 Å². The van der Waals surface area contributed by atoms with E-state index in [2.05, 4.69) is 16.7 Å². The van der Waals surface area contributed by atoms with Gasteiger partial charge in [0.15, 0.2) is 0 Å². The normalized spacial score (nSPS) is 16.3. The molecule has 1 fully saturated rings. The number of rotatable bonds is 5. The van der Waals surface area contributed by atoms with E-state index in [0.29, 0.717) is 30.3 Å². The van der Waals surface area contributed by atoms with Crippen LogP contribution >= 0.6 is 11.6 Å². The van der Waals surface area contributed by atoms with Crippen molar-refractivity contribution in [1.29, 1.82) is 0 Å². The Morgan fingerprint density at radius 1 is 1.06 bits per heavy atom. The van der Waals surface area contributed by atoms with Crippen LogP contribution < -0.4 is 9.64 Å². The number of ether oxygens (including phenoxy) is 1. The third-order valence-corrected chi connectivity index (χ3v) is 6.02. The minimum absolute atomic E-state index is 0.0102. The lowest BCUT2D eigenvalue weighted by atomic mass is 10.1. The van der Waals surface area contributed by atoms with Gasteiger partial charge in [-0.25, -0.2) is 4.98 Å². The Balaban J connectivity index is 1.54. The number of methoxy groups -OCH3 is 1. The molecule has 0 radical (unpaired) electrons. The zero-order valence-corrected chi connectivity index (χ0v) is 17.9. The van der Waals surface area contributed by atoms with Crippen molar-refractivity contribution < 1.29 is 9.53 Å². The molecule has 5 nitrogen and oxygen atoms in total. The molecule has 3 aromatic carbocycles. The summed E-state index contributed by atoms with van der Waals surface area (Å²) in [6.45, 7) is 1.22. The molecule has 0 unspecified atom stereocenters. The zero-order chi connectivity index (χ0) is 21.4. The second-order valence-corrected chi connectivity index (χ2v) is 8.19. The molecular formula is C25H22ClN3O2. The molecule has 1 amide bonds. The second-order valence-electron chi connectivity index (χ2n) is 7.75. The predicted molar refractivity (Wildman–Crippen MR) is 123 cm³/mol. The van der Waals surface area contributed by atoms with Crippen LogP contribution in [0.3, 0.4) is 0 Å². The van der Waals surface area contributed by atoms with E-state index in [-0.39, 0.29) is 11.8 Å². The SMILES string of the molecule is COc1ccccc1N1C[C@@H](c2nc3ccccc3n2Cc2cccc(Cl)c2)CC1=O. The van der Waals surface area contributed by atoms with Crippen LogP contribution in [0.25, 0.3) is 11.0 Å². The summed E-state index contributed by atoms with van der Waals surface area (Å²) >= 11 is 6.22. The number of para-hydroxylation sites is 4. The lowest BCUT2D eigenvalue weighted by molar-refractivity contribution is -0.117. The number of benzene rings is 3. The lowest BCUT2D eigenvalue weighted by Gasteiger charge is -2.20. The Hall–Kier alpha value is -3.31. The maximum Gasteiger partial charge on any atom is 0.227 e. The first-order chi connectivity index (χ1) is 15.1. The Morgan fingerprint density at radius 2 is 1.87 bits per heavy atom. The predicted octanol–water partition coefficient (Wildman–Crippen LogP) is 5.27. The van der Waals surface area contributed by atoms with Crippen molar-refractivity contribution in [2.24, 2.45) is 0 Å². The molecule has 4 aromatic rings. The molecule has 0 saturated carbocycles. The molecule has 0 spiro atoms. The minimum atomic E-state index is -0.0102. The Labute approximate surface area is 185 Å². The number of aromatic nitrogens is 2. The summed E-state index contributed by atoms with van der Waals surface area (Å²) in [5.41, 5.74) is 3.89. The van der Waals surface area contributed by atoms with Crippen molar-refractivity contribution in [2.75, 3.05) is 18.6 Å². The summed E-state index contributed by atoms with van der Waals surface area (Å²) in [6.07, 6.45) is 0.414. The van der Waals surface area contributed by atoms with Crippen molar-refractivity contribution in [3.8, 4) is 5.75 Å². The Morgan fingerprint density at radius 3 is 2.71 bits per heavy atom. The third-order valence-electron chi connectivity index (χ3n) is 5.78. The van der Waals surface area contributed by atoms with E-state index in [1.165, 1.54) is 0 Å². The number of anilines is 1. The molecular weight excluding hydrogens is 410 g/mol. The van der Waals surface area contributed by atoms with Gasteiger partial charge in [-0.1, -0.05) is 48.0 Å². The highest BCUT2D eigenvalue weighted by Crippen LogP contribution is 2.37. The van der Waals surface area contributed by atoms with Crippen molar-refractivity contribution in [3.63, 3.8) is 0 Å². The van der Waals surface area contributed by atoms with Crippen molar-refractivity contribution in [2.45, 2.75) is 18.9 Å². The van der Waals surface area contributed by atoms with Gasteiger partial charge < -0.3 is 14.2 Å². The van der Waals surface area contributed by atoms with Crippen molar-refractivity contribution in [3.05, 3.63) is 89.2 Å². The standard InChI is InChI=1S/C25H22ClN3O2/c1-31-23-12-5-4-11-22(23)28-16-18(14-24(28)30)25-27-20-9-2-3-10-21(20)29(25)15-17-7-6-8-19(26)13-17/h2-13,18H,14-16H2,1H3/t18-/m0/s1. The van der Waals surface area contributed by atoms with Crippen LogP contribution in [0.5, 0.6) is 5.75 Å². The van der Waals surface area contributed by atoms with Gasteiger partial charge in [-0.3, -0.25) is 4.79 Å². The fraction of sp³-hybridized carbons (Fsp3) is 0.200. The summed E-state index contributed by atoms with van der Waals surface area (Å²) in [5.74, 6) is 1.69. The van der Waals surface area contributed by atoms with Gasteiger partial charge in [0.2, 0.25) is 5.91 Å². The molecule has 2 heterocycles. The molecule has 0 N–H and O–H groups in total. The smallest absolute Gasteiger partial charge is 0.227 e. The number of hydrogen-bond acceptors (Lipinski definition) is 3. The fourth-order valence-electron chi connectivity index (χ4n) is 4.36. The summed E-state index contributed by atoms with van der Waals surface area (Å²) in [7, 11) is 1.63. The first-order valence-corrected chi connectivity index (χ1v) is 10.6. The summed E-state index contributed by atoms with van der Waals surface area (Å²) in [6, 6.07) is 23.6. The number of imidazole rings is 1. The highest BCUT2D eigenvalue weighted by Gasteiger charge is 2.35. The van der Waals surface area contributed by atoms with Crippen molar-refractivity contribution >= 4 is 34.2 Å². The molecule has 1 aliphatic rings. The lowest BCUT2D eigenvalue weighted by Crippen LogP contribution is -2.25. The van der Waals surface area contributed by atoms with E-state index >= 15 is 0 Å². The molecule has 5 rings (SSSR count). The van der Waals surface area contributed by atoms with Crippen LogP contribution in [0.15, 0.2) is 72.8 Å². The van der Waals surface area contributed by atoms with Crippen LogP contribution in [0, 0.1) is 0 Å². The third kappa shape index (κ3) is 3.66. The highest BCUT2D eigenvalue weighted by molar-refractivity contribution is 6.30. The van der Waals surface area contributed by atoms with Crippen molar-refractivity contribution in [1.82, 2.24) is 9.55 Å². The first kappa shape index (κ1) is 19.6. The van der Waals surface area contributed by atoms with Gasteiger partial charge in [0.05, 0.1) is 23.8 Å². The molecule has 1 aliphatic heterocycles. The average Bonchev–Trinajstić information content (AvgIpc) is 3.34. The molecule has 31 heavy (non-hydrogen) atoms. The first-order valence-electron chi connectivity index (χ1n) is 10.3. The number of nitrogens with zero attached hydrogens (tertiary/aromatic N) is 3. The molecule has 156 valence electrons. The Bertz CT molecular complexity index is 1270. The number of halogens is 1. The maximum atomic E-state index is 13.0. The van der Waals surface area contributed by atoms with Gasteiger partial charge in [0, 0.05) is 30.5 Å². The number of carbonyl (C=O) groups is 1. The fourth-order valence-corrected chi connectivity index (χ4v) is 4.57. The number of amides is 1. The van der Waals surface area contributed by atoms with Crippen LogP contribution in [-0.4, -0.2) is 29.1 Å². The minimum Gasteiger partial charge on any atom is -0.495 e. The van der Waals surface area contributed by atoms with Crippen LogP contribution in [-0.2, 0) is 11.3 Å². The van der Waals surface area contributed by atoms with Gasteiger partial charge in [-0.15, -0.1) is 0 Å². The van der Waals surface area contributed by atoms with E-state index in [9.17, 15) is 4.79 Å². The number of carbonyl (C=O) groups excluding carboxylic acids is 1. The zero-order valence-electron chi connectivity index (χ0n) is 17.2. The Kier molecular flexibility index (Phi) is 5.12. The maximum absolute atomic E-state index is 13.0. The molecule has 0 bridgehead atoms. The molecule has 1 atom stereocenters. The van der Waals surface area contributed by atoms with E-state index in [1.807, 2.05) is 65.6 Å². The molecule has 1 aromatic heterocycles. The van der Waals surface area contributed by atoms with Crippen LogP contribution in [0.2, 0.25) is 5.02 Å². The second kappa shape index (κ2) is 8.08.